The second kappa shape index (κ2) is 8.76. The quantitative estimate of drug-likeness (QED) is 0.372. The summed E-state index contributed by atoms with van der Waals surface area (Å²) in [5.41, 5.74) is 3.71. The molecule has 2 heterocycles. The van der Waals surface area contributed by atoms with Crippen LogP contribution < -0.4 is 16.6 Å². The molecule has 0 unspecified atom stereocenters. The van der Waals surface area contributed by atoms with Gasteiger partial charge < -0.3 is 15.5 Å². The smallest absolute Gasteiger partial charge is 0.148 e. The Balaban J connectivity index is 1.81. The molecule has 1 aliphatic heterocycles. The fourth-order valence-corrected chi connectivity index (χ4v) is 2.51. The van der Waals surface area contributed by atoms with Crippen molar-refractivity contribution in [3.05, 3.63) is 11.9 Å². The highest BCUT2D eigenvalue weighted by molar-refractivity contribution is 5.56. The average Bonchev–Trinajstić information content (AvgIpc) is 2.54. The van der Waals surface area contributed by atoms with E-state index in [0.29, 0.717) is 5.82 Å². The van der Waals surface area contributed by atoms with E-state index in [1.165, 1.54) is 0 Å². The van der Waals surface area contributed by atoms with Crippen molar-refractivity contribution >= 4 is 11.6 Å². The van der Waals surface area contributed by atoms with Gasteiger partial charge in [0, 0.05) is 25.2 Å². The summed E-state index contributed by atoms with van der Waals surface area (Å²) in [6.07, 6.45) is 4.57. The van der Waals surface area contributed by atoms with Gasteiger partial charge in [-0.15, -0.1) is 0 Å². The van der Waals surface area contributed by atoms with Crippen LogP contribution in [0.5, 0.6) is 0 Å². The first kappa shape index (κ1) is 15.9. The van der Waals surface area contributed by atoms with Crippen molar-refractivity contribution in [2.45, 2.75) is 26.2 Å². The fourth-order valence-electron chi connectivity index (χ4n) is 2.51. The van der Waals surface area contributed by atoms with E-state index in [1.54, 1.807) is 6.33 Å². The number of nitrogens with two attached hydrogens (primary N) is 1. The van der Waals surface area contributed by atoms with Crippen LogP contribution in [-0.2, 0) is 11.2 Å². The zero-order chi connectivity index (χ0) is 14.9. The van der Waals surface area contributed by atoms with Crippen LogP contribution >= 0.6 is 0 Å². The predicted molar refractivity (Wildman–Crippen MR) is 84.2 cm³/mol. The number of hydrazine groups is 1. The van der Waals surface area contributed by atoms with E-state index in [4.69, 9.17) is 10.6 Å². The van der Waals surface area contributed by atoms with Crippen LogP contribution in [0.3, 0.4) is 0 Å². The van der Waals surface area contributed by atoms with Crippen LogP contribution in [0.4, 0.5) is 11.6 Å². The second-order valence-electron chi connectivity index (χ2n) is 5.18. The van der Waals surface area contributed by atoms with Crippen molar-refractivity contribution in [2.24, 2.45) is 5.84 Å². The Morgan fingerprint density at radius 3 is 2.76 bits per heavy atom. The molecular formula is C14H26N6O. The van der Waals surface area contributed by atoms with Gasteiger partial charge in [0.15, 0.2) is 0 Å². The SMILES string of the molecule is CCCc1c(NN)ncnc1NCCCN1CCOCC1. The van der Waals surface area contributed by atoms with Crippen molar-refractivity contribution in [2.75, 3.05) is 50.1 Å². The summed E-state index contributed by atoms with van der Waals surface area (Å²) >= 11 is 0. The third kappa shape index (κ3) is 4.80. The Labute approximate surface area is 126 Å². The highest BCUT2D eigenvalue weighted by Crippen LogP contribution is 2.20. The molecule has 118 valence electrons. The van der Waals surface area contributed by atoms with Crippen molar-refractivity contribution in [3.63, 3.8) is 0 Å². The molecule has 0 spiro atoms. The van der Waals surface area contributed by atoms with E-state index >= 15 is 0 Å². The van der Waals surface area contributed by atoms with Gasteiger partial charge in [-0.2, -0.15) is 0 Å². The van der Waals surface area contributed by atoms with Crippen LogP contribution in [0.2, 0.25) is 0 Å². The van der Waals surface area contributed by atoms with Gasteiger partial charge in [-0.3, -0.25) is 4.90 Å². The number of rotatable bonds is 8. The van der Waals surface area contributed by atoms with Gasteiger partial charge in [-0.25, -0.2) is 15.8 Å². The first-order valence-corrected chi connectivity index (χ1v) is 7.69. The van der Waals surface area contributed by atoms with E-state index in [2.05, 4.69) is 32.5 Å². The normalized spacial score (nSPS) is 15.9. The van der Waals surface area contributed by atoms with Gasteiger partial charge in [0.05, 0.1) is 13.2 Å². The molecule has 1 fully saturated rings. The summed E-state index contributed by atoms with van der Waals surface area (Å²) in [6, 6.07) is 0. The number of nitrogens with zero attached hydrogens (tertiary/aromatic N) is 3. The lowest BCUT2D eigenvalue weighted by molar-refractivity contribution is 0.0378. The number of hydrogen-bond donors (Lipinski definition) is 3. The summed E-state index contributed by atoms with van der Waals surface area (Å²) < 4.78 is 5.35. The summed E-state index contributed by atoms with van der Waals surface area (Å²) in [6.45, 7) is 7.90. The number of hydrogen-bond acceptors (Lipinski definition) is 7. The van der Waals surface area contributed by atoms with Crippen LogP contribution in [0.15, 0.2) is 6.33 Å². The number of ether oxygens (including phenoxy) is 1. The molecule has 7 nitrogen and oxygen atoms in total. The minimum absolute atomic E-state index is 0.711. The van der Waals surface area contributed by atoms with Crippen LogP contribution in [0, 0.1) is 0 Å². The van der Waals surface area contributed by atoms with E-state index in [0.717, 1.165) is 70.0 Å². The number of anilines is 2. The Morgan fingerprint density at radius 1 is 1.29 bits per heavy atom. The summed E-state index contributed by atoms with van der Waals surface area (Å²) in [7, 11) is 0. The van der Waals surface area contributed by atoms with Crippen molar-refractivity contribution in [3.8, 4) is 0 Å². The van der Waals surface area contributed by atoms with Crippen molar-refractivity contribution < 1.29 is 4.74 Å². The molecule has 0 atom stereocenters. The lowest BCUT2D eigenvalue weighted by atomic mass is 10.1. The lowest BCUT2D eigenvalue weighted by Gasteiger charge is -2.26. The highest BCUT2D eigenvalue weighted by atomic mass is 16.5. The topological polar surface area (TPSA) is 88.3 Å². The molecule has 1 aromatic heterocycles. The molecule has 0 saturated carbocycles. The van der Waals surface area contributed by atoms with Gasteiger partial charge >= 0.3 is 0 Å². The number of nitrogen functional groups attached to an aromatic ring is 1. The standard InChI is InChI=1S/C14H26N6O/c1-2-4-12-13(17-11-18-14(12)19-15)16-5-3-6-20-7-9-21-10-8-20/h11H,2-10,15H2,1H3,(H2,16,17,18,19). The van der Waals surface area contributed by atoms with Crippen LogP contribution in [0.25, 0.3) is 0 Å². The summed E-state index contributed by atoms with van der Waals surface area (Å²) in [5.74, 6) is 7.12. The Kier molecular flexibility index (Phi) is 6.65. The van der Waals surface area contributed by atoms with E-state index in [1.807, 2.05) is 0 Å². The molecule has 1 saturated heterocycles. The Hall–Kier alpha value is -1.44. The summed E-state index contributed by atoms with van der Waals surface area (Å²) in [5, 5.41) is 3.41. The fraction of sp³-hybridized carbons (Fsp3) is 0.714. The minimum Gasteiger partial charge on any atom is -0.379 e. The second-order valence-corrected chi connectivity index (χ2v) is 5.18. The van der Waals surface area contributed by atoms with Crippen molar-refractivity contribution in [1.82, 2.24) is 14.9 Å². The van der Waals surface area contributed by atoms with Gasteiger partial charge in [0.2, 0.25) is 0 Å². The summed E-state index contributed by atoms with van der Waals surface area (Å²) in [4.78, 5) is 10.9. The van der Waals surface area contributed by atoms with Gasteiger partial charge in [-0.05, 0) is 19.4 Å². The minimum atomic E-state index is 0.711. The van der Waals surface area contributed by atoms with Gasteiger partial charge in [0.25, 0.3) is 0 Å². The maximum Gasteiger partial charge on any atom is 0.148 e. The third-order valence-electron chi connectivity index (χ3n) is 3.63. The maximum atomic E-state index is 5.52. The van der Waals surface area contributed by atoms with E-state index < -0.39 is 0 Å². The number of aromatic nitrogens is 2. The van der Waals surface area contributed by atoms with Crippen LogP contribution in [-0.4, -0.2) is 54.3 Å². The van der Waals surface area contributed by atoms with Crippen LogP contribution in [0.1, 0.15) is 25.3 Å². The molecule has 1 aliphatic rings. The molecule has 1 aromatic rings. The Bertz CT molecular complexity index is 422. The molecule has 0 aliphatic carbocycles. The average molecular weight is 294 g/mol. The maximum absolute atomic E-state index is 5.52. The van der Waals surface area contributed by atoms with E-state index in [-0.39, 0.29) is 0 Å². The first-order valence-electron chi connectivity index (χ1n) is 7.69. The zero-order valence-corrected chi connectivity index (χ0v) is 12.8. The van der Waals surface area contributed by atoms with Crippen molar-refractivity contribution in [1.29, 1.82) is 0 Å². The molecule has 0 amide bonds. The largest absolute Gasteiger partial charge is 0.379 e. The van der Waals surface area contributed by atoms with E-state index in [9.17, 15) is 0 Å². The highest BCUT2D eigenvalue weighted by Gasteiger charge is 2.11. The number of nitrogens with one attached hydrogen (secondary N) is 2. The predicted octanol–water partition coefficient (Wildman–Crippen LogP) is 0.849. The zero-order valence-electron chi connectivity index (χ0n) is 12.8. The molecular weight excluding hydrogens is 268 g/mol. The molecule has 21 heavy (non-hydrogen) atoms. The molecule has 0 bridgehead atoms. The molecule has 7 heteroatoms. The third-order valence-corrected chi connectivity index (χ3v) is 3.63. The number of morpholine rings is 1. The molecule has 0 aromatic carbocycles. The first-order chi connectivity index (χ1) is 10.3. The molecule has 0 radical (unpaired) electrons. The molecule has 4 N–H and O–H groups in total. The Morgan fingerprint density at radius 2 is 2.05 bits per heavy atom. The van der Waals surface area contributed by atoms with Gasteiger partial charge in [-0.1, -0.05) is 13.3 Å². The lowest BCUT2D eigenvalue weighted by Crippen LogP contribution is -2.37. The monoisotopic (exact) mass is 294 g/mol. The molecule has 2 rings (SSSR count). The van der Waals surface area contributed by atoms with Gasteiger partial charge in [0.1, 0.15) is 18.0 Å².